The molecule has 0 atom stereocenters. The van der Waals surface area contributed by atoms with E-state index in [0.717, 1.165) is 35.4 Å². The van der Waals surface area contributed by atoms with Crippen molar-refractivity contribution in [3.63, 3.8) is 0 Å². The summed E-state index contributed by atoms with van der Waals surface area (Å²) in [6.07, 6.45) is 7.06. The van der Waals surface area contributed by atoms with Crippen LogP contribution < -0.4 is 24.8 Å². The quantitative estimate of drug-likeness (QED) is 0.512. The second-order valence-electron chi connectivity index (χ2n) is 10.5. The molecule has 0 aliphatic carbocycles. The van der Waals surface area contributed by atoms with Gasteiger partial charge in [-0.3, -0.25) is 0 Å². The predicted octanol–water partition coefficient (Wildman–Crippen LogP) is 5.35. The lowest BCUT2D eigenvalue weighted by molar-refractivity contribution is 0.399. The molecule has 0 saturated carbocycles. The monoisotopic (exact) mass is 427 g/mol. The standard InChI is InChI=1S/C29H35N2O/c1-9-30-24-14-26-20(12-22(24)18(3)16-28(30,5)6)11-21-13-23-19(4)17-29(7,8)31(10-2)25(23)15-27(21)32-26/h11-17H,9-10H2,1-8H3/q+1. The molecule has 3 aliphatic heterocycles. The predicted molar refractivity (Wildman–Crippen MR) is 136 cm³/mol. The minimum atomic E-state index is -0.00744. The Morgan fingerprint density at radius 3 is 2.28 bits per heavy atom. The minimum absolute atomic E-state index is 0.00744. The molecule has 0 saturated heterocycles. The van der Waals surface area contributed by atoms with Crippen molar-refractivity contribution >= 4 is 22.9 Å². The van der Waals surface area contributed by atoms with Crippen LogP contribution in [0.5, 0.6) is 11.5 Å². The summed E-state index contributed by atoms with van der Waals surface area (Å²) in [7, 11) is 0. The molecule has 0 unspecified atom stereocenters. The van der Waals surface area contributed by atoms with Crippen LogP contribution in [-0.2, 0) is 0 Å². The zero-order valence-electron chi connectivity index (χ0n) is 20.8. The zero-order valence-corrected chi connectivity index (χ0v) is 20.8. The van der Waals surface area contributed by atoms with Crippen LogP contribution in [0, 0.1) is 0 Å². The van der Waals surface area contributed by atoms with Crippen molar-refractivity contribution in [3.05, 3.63) is 63.7 Å². The molecule has 0 N–H and O–H groups in total. The summed E-state index contributed by atoms with van der Waals surface area (Å²) in [6.45, 7) is 20.0. The van der Waals surface area contributed by atoms with Gasteiger partial charge in [0.25, 0.3) is 0 Å². The number of ether oxygens (including phenoxy) is 1. The van der Waals surface area contributed by atoms with Gasteiger partial charge in [0.15, 0.2) is 5.54 Å². The molecule has 0 amide bonds. The van der Waals surface area contributed by atoms with Crippen LogP contribution in [0.15, 0.2) is 36.4 Å². The molecule has 32 heavy (non-hydrogen) atoms. The van der Waals surface area contributed by atoms with Gasteiger partial charge < -0.3 is 9.64 Å². The molecule has 0 aromatic heterocycles. The van der Waals surface area contributed by atoms with Crippen molar-refractivity contribution < 1.29 is 4.74 Å². The lowest BCUT2D eigenvalue weighted by Gasteiger charge is -2.43. The van der Waals surface area contributed by atoms with E-state index in [0.29, 0.717) is 0 Å². The first-order chi connectivity index (χ1) is 15.1. The molecule has 3 nitrogen and oxygen atoms in total. The van der Waals surface area contributed by atoms with Crippen molar-refractivity contribution in [2.24, 2.45) is 0 Å². The number of allylic oxidation sites excluding steroid dienone is 2. The van der Waals surface area contributed by atoms with Gasteiger partial charge in [-0.25, -0.2) is 4.58 Å². The maximum absolute atomic E-state index is 6.58. The highest BCUT2D eigenvalue weighted by atomic mass is 16.5. The number of fused-ring (bicyclic) bond motifs is 4. The van der Waals surface area contributed by atoms with Gasteiger partial charge in [-0.15, -0.1) is 0 Å². The van der Waals surface area contributed by atoms with Crippen molar-refractivity contribution in [2.75, 3.05) is 18.0 Å². The topological polar surface area (TPSA) is 15.5 Å². The highest BCUT2D eigenvalue weighted by Gasteiger charge is 2.34. The van der Waals surface area contributed by atoms with Gasteiger partial charge >= 0.3 is 0 Å². The summed E-state index contributed by atoms with van der Waals surface area (Å²) < 4.78 is 9.05. The van der Waals surface area contributed by atoms with Crippen molar-refractivity contribution in [2.45, 2.75) is 66.5 Å². The number of rotatable bonds is 2. The second kappa shape index (κ2) is 6.84. The van der Waals surface area contributed by atoms with Gasteiger partial charge in [0.1, 0.15) is 18.0 Å². The van der Waals surface area contributed by atoms with Crippen molar-refractivity contribution in [3.8, 4) is 11.5 Å². The number of benzene rings is 2. The fraction of sp³-hybridized carbons (Fsp3) is 0.414. The average Bonchev–Trinajstić information content (AvgIpc) is 2.69. The fourth-order valence-electron chi connectivity index (χ4n) is 6.09. The van der Waals surface area contributed by atoms with Gasteiger partial charge in [0.05, 0.1) is 11.6 Å². The van der Waals surface area contributed by atoms with Crippen LogP contribution in [0.3, 0.4) is 0 Å². The summed E-state index contributed by atoms with van der Waals surface area (Å²) in [5, 5.41) is 2.42. The van der Waals surface area contributed by atoms with Gasteiger partial charge in [-0.1, -0.05) is 6.08 Å². The summed E-state index contributed by atoms with van der Waals surface area (Å²) >= 11 is 0. The number of anilines is 1. The summed E-state index contributed by atoms with van der Waals surface area (Å²) in [6, 6.07) is 9.11. The van der Waals surface area contributed by atoms with Crippen molar-refractivity contribution in [1.82, 2.24) is 4.58 Å². The molecular weight excluding hydrogens is 392 g/mol. The third kappa shape index (κ3) is 2.97. The molecule has 0 fully saturated rings. The second-order valence-corrected chi connectivity index (χ2v) is 10.5. The van der Waals surface area contributed by atoms with Crippen LogP contribution >= 0.6 is 0 Å². The lowest BCUT2D eigenvalue weighted by atomic mass is 9.87. The molecule has 2 aromatic carbocycles. The first kappa shape index (κ1) is 21.1. The van der Waals surface area contributed by atoms with E-state index in [1.807, 2.05) is 0 Å². The average molecular weight is 428 g/mol. The Kier molecular flexibility index (Phi) is 4.50. The Bertz CT molecular complexity index is 1340. The number of nitrogens with zero attached hydrogens (tertiary/aromatic N) is 2. The Labute approximate surface area is 192 Å². The highest BCUT2D eigenvalue weighted by molar-refractivity contribution is 5.85. The van der Waals surface area contributed by atoms with Crippen LogP contribution in [-0.4, -0.2) is 24.2 Å². The lowest BCUT2D eigenvalue weighted by Crippen LogP contribution is -2.49. The number of likely N-dealkylation sites (N-methyl/N-ethyl adjacent to an activating group) is 2. The van der Waals surface area contributed by atoms with Crippen LogP contribution in [0.4, 0.5) is 5.69 Å². The molecule has 0 spiro atoms. The van der Waals surface area contributed by atoms with E-state index in [4.69, 9.17) is 4.74 Å². The van der Waals surface area contributed by atoms with Crippen LogP contribution in [0.2, 0.25) is 0 Å². The normalized spacial score (nSPS) is 19.5. The van der Waals surface area contributed by atoms with E-state index in [9.17, 15) is 0 Å². The Morgan fingerprint density at radius 1 is 0.875 bits per heavy atom. The molecule has 2 aromatic rings. The van der Waals surface area contributed by atoms with Gasteiger partial charge in [-0.05, 0) is 77.0 Å². The minimum Gasteiger partial charge on any atom is -0.456 e. The first-order valence-corrected chi connectivity index (χ1v) is 11.9. The molecule has 3 heteroatoms. The third-order valence-electron chi connectivity index (χ3n) is 7.38. The van der Waals surface area contributed by atoms with Gasteiger partial charge in [0, 0.05) is 54.1 Å². The Hall–Kier alpha value is -2.81. The summed E-state index contributed by atoms with van der Waals surface area (Å²) in [4.78, 5) is 2.47. The number of hydrogen-bond donors (Lipinski definition) is 0. The van der Waals surface area contributed by atoms with Crippen LogP contribution in [0.25, 0.3) is 17.2 Å². The molecule has 0 bridgehead atoms. The summed E-state index contributed by atoms with van der Waals surface area (Å²) in [5.41, 5.74) is 7.69. The fourth-order valence-corrected chi connectivity index (χ4v) is 6.09. The third-order valence-corrected chi connectivity index (χ3v) is 7.38. The van der Waals surface area contributed by atoms with E-state index < -0.39 is 0 Å². The van der Waals surface area contributed by atoms with Gasteiger partial charge in [-0.2, -0.15) is 0 Å². The highest BCUT2D eigenvalue weighted by Crippen LogP contribution is 2.43. The van der Waals surface area contributed by atoms with E-state index in [1.165, 1.54) is 33.3 Å². The maximum Gasteiger partial charge on any atom is 0.211 e. The van der Waals surface area contributed by atoms with E-state index in [2.05, 4.69) is 107 Å². The van der Waals surface area contributed by atoms with E-state index >= 15 is 0 Å². The smallest absolute Gasteiger partial charge is 0.211 e. The maximum atomic E-state index is 6.58. The molecular formula is C29H35N2O+. The first-order valence-electron chi connectivity index (χ1n) is 11.9. The molecule has 3 aliphatic rings. The molecule has 5 rings (SSSR count). The van der Waals surface area contributed by atoms with Crippen LogP contribution in [0.1, 0.15) is 72.1 Å². The Morgan fingerprint density at radius 2 is 1.59 bits per heavy atom. The van der Waals surface area contributed by atoms with Gasteiger partial charge in [0.2, 0.25) is 5.36 Å². The largest absolute Gasteiger partial charge is 0.456 e. The molecule has 166 valence electrons. The van der Waals surface area contributed by atoms with E-state index in [-0.39, 0.29) is 11.1 Å². The summed E-state index contributed by atoms with van der Waals surface area (Å²) in [5.74, 6) is 1.90. The Balaban J connectivity index is 1.74. The van der Waals surface area contributed by atoms with E-state index in [1.54, 1.807) is 0 Å². The zero-order chi connectivity index (χ0) is 23.0. The molecule has 0 radical (unpaired) electrons. The molecule has 3 heterocycles. The number of hydrogen-bond acceptors (Lipinski definition) is 2. The SMILES string of the molecule is CCN1c2cc3c(cc2C(C)=CC1(C)C)C=c1cc2c(cc1O3)=[N+](CC)C(C)(C)C=C2C. The van der Waals surface area contributed by atoms with Crippen molar-refractivity contribution in [1.29, 1.82) is 0 Å².